The summed E-state index contributed by atoms with van der Waals surface area (Å²) in [4.78, 5) is 0. The van der Waals surface area contributed by atoms with Crippen molar-refractivity contribution in [3.8, 4) is 0 Å². The van der Waals surface area contributed by atoms with E-state index >= 15 is 0 Å². The second-order valence-corrected chi connectivity index (χ2v) is 18.5. The molecule has 0 aromatic rings. The van der Waals surface area contributed by atoms with Gasteiger partial charge in [0.2, 0.25) is 0 Å². The summed E-state index contributed by atoms with van der Waals surface area (Å²) in [6, 6.07) is 0. The molecular formula is C36H60O7. The van der Waals surface area contributed by atoms with Crippen molar-refractivity contribution in [1.82, 2.24) is 0 Å². The Balaban J connectivity index is 1.14. The molecule has 0 radical (unpaired) electrons. The molecule has 7 aliphatic rings. The lowest BCUT2D eigenvalue weighted by Crippen LogP contribution is -2.68. The molecule has 7 nitrogen and oxygen atoms in total. The first-order chi connectivity index (χ1) is 20.1. The van der Waals surface area contributed by atoms with Gasteiger partial charge >= 0.3 is 0 Å². The summed E-state index contributed by atoms with van der Waals surface area (Å²) in [5.74, 6) is 2.59. The summed E-state index contributed by atoms with van der Waals surface area (Å²) in [5, 5.41) is 41.1. The Kier molecular flexibility index (Phi) is 7.19. The van der Waals surface area contributed by atoms with Gasteiger partial charge in [0, 0.05) is 0 Å². The molecule has 2 aliphatic heterocycles. The molecule has 15 atom stereocenters. The van der Waals surface area contributed by atoms with Gasteiger partial charge in [0.05, 0.1) is 25.4 Å². The van der Waals surface area contributed by atoms with E-state index in [1.165, 1.54) is 51.4 Å². The molecule has 0 aromatic heterocycles. The third kappa shape index (κ3) is 4.04. The van der Waals surface area contributed by atoms with Gasteiger partial charge in [-0.3, -0.25) is 0 Å². The predicted octanol–water partition coefficient (Wildman–Crippen LogP) is 5.06. The second-order valence-electron chi connectivity index (χ2n) is 18.5. The fourth-order valence-electron chi connectivity index (χ4n) is 13.5. The van der Waals surface area contributed by atoms with Crippen molar-refractivity contribution in [3.05, 3.63) is 0 Å². The van der Waals surface area contributed by atoms with Gasteiger partial charge in [-0.2, -0.15) is 0 Å². The monoisotopic (exact) mass is 604 g/mol. The van der Waals surface area contributed by atoms with Gasteiger partial charge in [-0.1, -0.05) is 48.5 Å². The zero-order valence-corrected chi connectivity index (χ0v) is 27.8. The minimum absolute atomic E-state index is 0.143. The molecule has 0 unspecified atom stereocenters. The fraction of sp³-hybridized carbons (Fsp3) is 1.00. The van der Waals surface area contributed by atoms with E-state index in [9.17, 15) is 20.4 Å². The molecule has 2 bridgehead atoms. The van der Waals surface area contributed by atoms with Crippen LogP contribution in [0, 0.1) is 56.2 Å². The Morgan fingerprint density at radius 1 is 0.721 bits per heavy atom. The zero-order valence-electron chi connectivity index (χ0n) is 27.8. The maximum atomic E-state index is 10.7. The van der Waals surface area contributed by atoms with Crippen molar-refractivity contribution in [1.29, 1.82) is 0 Å². The Hall–Kier alpha value is -0.280. The molecule has 0 amide bonds. The highest BCUT2D eigenvalue weighted by atomic mass is 16.7. The van der Waals surface area contributed by atoms with Gasteiger partial charge in [-0.25, -0.2) is 0 Å². The molecule has 7 heteroatoms. The van der Waals surface area contributed by atoms with Gasteiger partial charge in [0.15, 0.2) is 6.29 Å². The van der Waals surface area contributed by atoms with Crippen molar-refractivity contribution in [2.24, 2.45) is 56.2 Å². The molecule has 246 valence electrons. The van der Waals surface area contributed by atoms with Gasteiger partial charge in [-0.15, -0.1) is 0 Å². The maximum absolute atomic E-state index is 10.7. The van der Waals surface area contributed by atoms with Crippen LogP contribution in [-0.2, 0) is 14.2 Å². The Morgan fingerprint density at radius 2 is 1.44 bits per heavy atom. The Bertz CT molecular complexity index is 1090. The van der Waals surface area contributed by atoms with Crippen molar-refractivity contribution >= 4 is 0 Å². The Morgan fingerprint density at radius 3 is 2.16 bits per heavy atom. The van der Waals surface area contributed by atoms with Gasteiger partial charge < -0.3 is 34.6 Å². The highest BCUT2D eigenvalue weighted by Gasteiger charge is 2.73. The van der Waals surface area contributed by atoms with Crippen LogP contribution in [0.1, 0.15) is 113 Å². The van der Waals surface area contributed by atoms with E-state index in [-0.39, 0.29) is 22.3 Å². The minimum Gasteiger partial charge on any atom is -0.394 e. The third-order valence-corrected chi connectivity index (χ3v) is 16.2. The van der Waals surface area contributed by atoms with Crippen LogP contribution < -0.4 is 0 Å². The normalized spacial score (nSPS) is 58.5. The predicted molar refractivity (Wildman–Crippen MR) is 163 cm³/mol. The van der Waals surface area contributed by atoms with E-state index in [2.05, 4.69) is 48.5 Å². The minimum atomic E-state index is -1.41. The maximum Gasteiger partial charge on any atom is 0.186 e. The fourth-order valence-corrected chi connectivity index (χ4v) is 13.5. The number of ether oxygens (including phenoxy) is 3. The third-order valence-electron chi connectivity index (χ3n) is 16.2. The number of aliphatic hydroxyl groups excluding tert-OH is 4. The lowest BCUT2D eigenvalue weighted by atomic mass is 9.31. The molecule has 0 aromatic carbocycles. The summed E-state index contributed by atoms with van der Waals surface area (Å²) in [5.41, 5.74) is 1.36. The average molecular weight is 605 g/mol. The average Bonchev–Trinajstić information content (AvgIpc) is 3.29. The summed E-state index contributed by atoms with van der Waals surface area (Å²) < 4.78 is 19.1. The largest absolute Gasteiger partial charge is 0.394 e. The van der Waals surface area contributed by atoms with Gasteiger partial charge in [0.1, 0.15) is 24.4 Å². The van der Waals surface area contributed by atoms with Crippen LogP contribution in [0.4, 0.5) is 0 Å². The van der Waals surface area contributed by atoms with Crippen LogP contribution in [0.25, 0.3) is 0 Å². The number of hydrogen-bond acceptors (Lipinski definition) is 7. The smallest absolute Gasteiger partial charge is 0.186 e. The number of fused-ring (bicyclic) bond motifs is 5. The first kappa shape index (κ1) is 31.3. The van der Waals surface area contributed by atoms with Gasteiger partial charge in [0.25, 0.3) is 0 Å². The van der Waals surface area contributed by atoms with E-state index in [0.717, 1.165) is 25.4 Å². The SMILES string of the molecule is CC1(C)CC[C@]23CC[C@]4(C)[C@H](CC[C@@H]5[C@@]6(C)CC[C@H](O[C@@H]7O[C@H](CO)[C@H](O)[C@H](O)[C@H]7O)C(C)(C)[C@@H]6CC[C@]54C)[C@H]2[C@@H]1OC3. The first-order valence-corrected chi connectivity index (χ1v) is 17.6. The summed E-state index contributed by atoms with van der Waals surface area (Å²) in [6.07, 6.45) is 6.43. The summed E-state index contributed by atoms with van der Waals surface area (Å²) in [6.45, 7) is 18.1. The van der Waals surface area contributed by atoms with E-state index in [1.807, 2.05) is 0 Å². The topological polar surface area (TPSA) is 109 Å². The van der Waals surface area contributed by atoms with E-state index in [0.29, 0.717) is 40.1 Å². The molecule has 2 heterocycles. The van der Waals surface area contributed by atoms with Crippen molar-refractivity contribution in [2.75, 3.05) is 13.2 Å². The molecule has 43 heavy (non-hydrogen) atoms. The van der Waals surface area contributed by atoms with E-state index in [4.69, 9.17) is 14.2 Å². The van der Waals surface area contributed by atoms with Crippen LogP contribution in [0.15, 0.2) is 0 Å². The molecule has 7 fully saturated rings. The molecule has 4 N–H and O–H groups in total. The highest BCUT2D eigenvalue weighted by Crippen LogP contribution is 2.78. The highest BCUT2D eigenvalue weighted by molar-refractivity contribution is 5.21. The van der Waals surface area contributed by atoms with Crippen LogP contribution in [0.3, 0.4) is 0 Å². The van der Waals surface area contributed by atoms with Crippen molar-refractivity contribution in [3.63, 3.8) is 0 Å². The van der Waals surface area contributed by atoms with Gasteiger partial charge in [-0.05, 0) is 120 Å². The lowest BCUT2D eigenvalue weighted by Gasteiger charge is -2.73. The molecule has 0 spiro atoms. The molecule has 5 saturated carbocycles. The molecule has 5 aliphatic carbocycles. The second kappa shape index (κ2) is 9.87. The molecule has 7 rings (SSSR count). The standard InChI is InChI=1S/C36H60O7/c1-31(2)14-16-36-17-15-34(6)20(25(36)29(31)41-19-36)8-9-23-33(5)12-11-24(32(3,4)22(33)10-13-35(23,34)7)43-30-28(40)27(39)26(38)21(18-37)42-30/h20-30,37-40H,8-19H2,1-7H3/t20-,21-,22+,23-,24+,25+,26+,27+,28-,29+,30+,33+,34-,35-,36-/m1/s1. The first-order valence-electron chi connectivity index (χ1n) is 17.6. The number of aliphatic hydroxyl groups is 4. The van der Waals surface area contributed by atoms with Crippen molar-refractivity contribution < 1.29 is 34.6 Å². The van der Waals surface area contributed by atoms with Crippen LogP contribution in [0.5, 0.6) is 0 Å². The number of hydrogen-bond donors (Lipinski definition) is 4. The molecular weight excluding hydrogens is 544 g/mol. The van der Waals surface area contributed by atoms with Crippen LogP contribution >= 0.6 is 0 Å². The number of rotatable bonds is 3. The zero-order chi connectivity index (χ0) is 31.0. The van der Waals surface area contributed by atoms with E-state index in [1.54, 1.807) is 0 Å². The summed E-state index contributed by atoms with van der Waals surface area (Å²) >= 11 is 0. The molecule has 2 saturated heterocycles. The van der Waals surface area contributed by atoms with Crippen molar-refractivity contribution in [2.45, 2.75) is 156 Å². The van der Waals surface area contributed by atoms with Crippen LogP contribution in [0.2, 0.25) is 0 Å². The quantitative estimate of drug-likeness (QED) is 0.334. The van der Waals surface area contributed by atoms with E-state index < -0.39 is 37.3 Å². The Labute approximate surface area is 259 Å². The summed E-state index contributed by atoms with van der Waals surface area (Å²) in [7, 11) is 0. The van der Waals surface area contributed by atoms with Crippen LogP contribution in [-0.4, -0.2) is 76.6 Å². The lowest BCUT2D eigenvalue weighted by molar-refractivity contribution is -0.332.